The van der Waals surface area contributed by atoms with Crippen LogP contribution in [0.3, 0.4) is 0 Å². The van der Waals surface area contributed by atoms with Gasteiger partial charge in [-0.3, -0.25) is 4.79 Å². The number of aromatic nitrogens is 2. The lowest BCUT2D eigenvalue weighted by Crippen LogP contribution is -2.15. The van der Waals surface area contributed by atoms with Gasteiger partial charge in [-0.15, -0.1) is 0 Å². The molecule has 0 fully saturated rings. The van der Waals surface area contributed by atoms with Gasteiger partial charge in [-0.2, -0.15) is 0 Å². The second-order valence-electron chi connectivity index (χ2n) is 5.75. The smallest absolute Gasteiger partial charge is 0.275 e. The van der Waals surface area contributed by atoms with Crippen LogP contribution in [0.4, 0.5) is 15.9 Å². The normalized spacial score (nSPS) is 10.3. The molecule has 0 saturated carbocycles. The first kappa shape index (κ1) is 18.3. The maximum absolute atomic E-state index is 13.6. The van der Waals surface area contributed by atoms with Crippen LogP contribution in [-0.4, -0.2) is 29.5 Å². The molecule has 1 heterocycles. The van der Waals surface area contributed by atoms with E-state index in [1.165, 1.54) is 24.5 Å². The first-order valence-electron chi connectivity index (χ1n) is 8.40. The van der Waals surface area contributed by atoms with Crippen molar-refractivity contribution in [2.24, 2.45) is 0 Å². The van der Waals surface area contributed by atoms with E-state index in [4.69, 9.17) is 4.74 Å². The molecular formula is C20H19FN4O2. The van der Waals surface area contributed by atoms with Gasteiger partial charge < -0.3 is 15.4 Å². The van der Waals surface area contributed by atoms with Crippen molar-refractivity contribution < 1.29 is 13.9 Å². The second kappa shape index (κ2) is 8.75. The van der Waals surface area contributed by atoms with Gasteiger partial charge in [0.2, 0.25) is 0 Å². The fraction of sp³-hybridized carbons (Fsp3) is 0.150. The molecule has 2 aromatic carbocycles. The molecule has 3 rings (SSSR count). The molecule has 2 N–H and O–H groups in total. The zero-order valence-corrected chi connectivity index (χ0v) is 14.8. The lowest BCUT2D eigenvalue weighted by molar-refractivity contribution is 0.102. The van der Waals surface area contributed by atoms with Gasteiger partial charge >= 0.3 is 0 Å². The fourth-order valence-corrected chi connectivity index (χ4v) is 2.45. The number of carbonyl (C=O) groups is 1. The van der Waals surface area contributed by atoms with Crippen LogP contribution >= 0.6 is 0 Å². The fourth-order valence-electron chi connectivity index (χ4n) is 2.45. The molecule has 0 aliphatic carbocycles. The molecule has 0 saturated heterocycles. The maximum Gasteiger partial charge on any atom is 0.275 e. The molecule has 0 unspecified atom stereocenters. The quantitative estimate of drug-likeness (QED) is 0.669. The molecule has 1 aromatic heterocycles. The topological polar surface area (TPSA) is 76.1 Å². The highest BCUT2D eigenvalue weighted by Crippen LogP contribution is 2.14. The van der Waals surface area contributed by atoms with E-state index in [1.54, 1.807) is 19.2 Å². The van der Waals surface area contributed by atoms with Crippen molar-refractivity contribution in [1.82, 2.24) is 9.97 Å². The number of methoxy groups -OCH3 is 1. The third-order valence-corrected chi connectivity index (χ3v) is 3.86. The summed E-state index contributed by atoms with van der Waals surface area (Å²) in [5.74, 6) is 0.350. The highest BCUT2D eigenvalue weighted by atomic mass is 19.1. The SMILES string of the molecule is COc1cccc(CCNc2cnc(C(=O)Nc3ccccc3F)cn2)c1. The van der Waals surface area contributed by atoms with E-state index >= 15 is 0 Å². The van der Waals surface area contributed by atoms with E-state index < -0.39 is 11.7 Å². The van der Waals surface area contributed by atoms with Gasteiger partial charge in [-0.25, -0.2) is 14.4 Å². The summed E-state index contributed by atoms with van der Waals surface area (Å²) in [5, 5.41) is 5.62. The molecule has 0 atom stereocenters. The van der Waals surface area contributed by atoms with Crippen LogP contribution in [0.2, 0.25) is 0 Å². The Bertz CT molecular complexity index is 916. The molecule has 1 amide bonds. The van der Waals surface area contributed by atoms with Gasteiger partial charge in [-0.1, -0.05) is 24.3 Å². The highest BCUT2D eigenvalue weighted by Gasteiger charge is 2.10. The van der Waals surface area contributed by atoms with Gasteiger partial charge in [-0.05, 0) is 36.2 Å². The monoisotopic (exact) mass is 366 g/mol. The standard InChI is InChI=1S/C20H19FN4O2/c1-27-15-6-4-5-14(11-15)9-10-22-19-13-23-18(12-24-19)20(26)25-17-8-3-2-7-16(17)21/h2-8,11-13H,9-10H2,1H3,(H,22,24)(H,25,26). The Morgan fingerprint density at radius 3 is 2.70 bits per heavy atom. The molecule has 27 heavy (non-hydrogen) atoms. The van der Waals surface area contributed by atoms with Crippen LogP contribution in [0, 0.1) is 5.82 Å². The lowest BCUT2D eigenvalue weighted by atomic mass is 10.1. The minimum absolute atomic E-state index is 0.102. The molecule has 0 bridgehead atoms. The van der Waals surface area contributed by atoms with Gasteiger partial charge in [0.15, 0.2) is 0 Å². The summed E-state index contributed by atoms with van der Waals surface area (Å²) in [6.45, 7) is 0.655. The van der Waals surface area contributed by atoms with Crippen molar-refractivity contribution in [3.05, 3.63) is 78.0 Å². The number of rotatable bonds is 7. The van der Waals surface area contributed by atoms with E-state index in [2.05, 4.69) is 20.6 Å². The van der Waals surface area contributed by atoms with Crippen LogP contribution in [0.25, 0.3) is 0 Å². The van der Waals surface area contributed by atoms with Crippen molar-refractivity contribution in [2.75, 3.05) is 24.3 Å². The number of anilines is 2. The van der Waals surface area contributed by atoms with Crippen molar-refractivity contribution >= 4 is 17.4 Å². The zero-order valence-electron chi connectivity index (χ0n) is 14.8. The number of nitrogens with zero attached hydrogens (tertiary/aromatic N) is 2. The Morgan fingerprint density at radius 2 is 1.96 bits per heavy atom. The number of hydrogen-bond acceptors (Lipinski definition) is 5. The predicted octanol–water partition coefficient (Wildman–Crippen LogP) is 3.53. The molecule has 0 radical (unpaired) electrons. The molecule has 3 aromatic rings. The number of benzene rings is 2. The van der Waals surface area contributed by atoms with Gasteiger partial charge in [0.25, 0.3) is 5.91 Å². The Balaban J connectivity index is 1.53. The minimum atomic E-state index is -0.518. The third-order valence-electron chi connectivity index (χ3n) is 3.86. The van der Waals surface area contributed by atoms with Crippen molar-refractivity contribution in [1.29, 1.82) is 0 Å². The van der Waals surface area contributed by atoms with E-state index in [1.807, 2.05) is 24.3 Å². The van der Waals surface area contributed by atoms with E-state index in [9.17, 15) is 9.18 Å². The summed E-state index contributed by atoms with van der Waals surface area (Å²) in [5.41, 5.74) is 1.34. The van der Waals surface area contributed by atoms with Gasteiger partial charge in [0.05, 0.1) is 25.2 Å². The van der Waals surface area contributed by atoms with Gasteiger partial charge in [0, 0.05) is 6.54 Å². The summed E-state index contributed by atoms with van der Waals surface area (Å²) < 4.78 is 18.8. The summed E-state index contributed by atoms with van der Waals surface area (Å²) >= 11 is 0. The summed E-state index contributed by atoms with van der Waals surface area (Å²) in [4.78, 5) is 20.4. The summed E-state index contributed by atoms with van der Waals surface area (Å²) in [6.07, 6.45) is 3.61. The van der Waals surface area contributed by atoms with Crippen LogP contribution in [0.15, 0.2) is 60.9 Å². The number of hydrogen-bond donors (Lipinski definition) is 2. The number of para-hydroxylation sites is 1. The molecule has 7 heteroatoms. The molecule has 0 aliphatic heterocycles. The van der Waals surface area contributed by atoms with Crippen LogP contribution < -0.4 is 15.4 Å². The zero-order chi connectivity index (χ0) is 19.1. The molecule has 6 nitrogen and oxygen atoms in total. The summed E-state index contributed by atoms with van der Waals surface area (Å²) in [6, 6.07) is 13.8. The predicted molar refractivity (Wildman–Crippen MR) is 102 cm³/mol. The third kappa shape index (κ3) is 5.01. The van der Waals surface area contributed by atoms with Crippen molar-refractivity contribution in [2.45, 2.75) is 6.42 Å². The van der Waals surface area contributed by atoms with E-state index in [0.717, 1.165) is 17.7 Å². The Hall–Kier alpha value is -3.48. The number of nitrogens with one attached hydrogen (secondary N) is 2. The average molecular weight is 366 g/mol. The van der Waals surface area contributed by atoms with E-state index in [0.29, 0.717) is 12.4 Å². The van der Waals surface area contributed by atoms with E-state index in [-0.39, 0.29) is 11.4 Å². The highest BCUT2D eigenvalue weighted by molar-refractivity contribution is 6.02. The Kier molecular flexibility index (Phi) is 5.94. The van der Waals surface area contributed by atoms with Crippen LogP contribution in [0.5, 0.6) is 5.75 Å². The Morgan fingerprint density at radius 1 is 1.11 bits per heavy atom. The second-order valence-corrected chi connectivity index (χ2v) is 5.75. The average Bonchev–Trinajstić information content (AvgIpc) is 2.70. The summed E-state index contributed by atoms with van der Waals surface area (Å²) in [7, 11) is 1.64. The first-order valence-corrected chi connectivity index (χ1v) is 8.40. The van der Waals surface area contributed by atoms with Crippen molar-refractivity contribution in [3.63, 3.8) is 0 Å². The molecular weight excluding hydrogens is 347 g/mol. The Labute approximate surface area is 156 Å². The molecule has 0 aliphatic rings. The number of amides is 1. The minimum Gasteiger partial charge on any atom is -0.497 e. The van der Waals surface area contributed by atoms with Crippen LogP contribution in [-0.2, 0) is 6.42 Å². The van der Waals surface area contributed by atoms with Crippen LogP contribution in [0.1, 0.15) is 16.1 Å². The lowest BCUT2D eigenvalue weighted by Gasteiger charge is -2.08. The number of carbonyl (C=O) groups excluding carboxylic acids is 1. The molecule has 0 spiro atoms. The number of ether oxygens (including phenoxy) is 1. The number of halogens is 1. The maximum atomic E-state index is 13.6. The first-order chi connectivity index (χ1) is 13.2. The largest absolute Gasteiger partial charge is 0.497 e. The van der Waals surface area contributed by atoms with Crippen molar-refractivity contribution in [3.8, 4) is 5.75 Å². The molecule has 138 valence electrons. The van der Waals surface area contributed by atoms with Gasteiger partial charge in [0.1, 0.15) is 23.1 Å².